The topological polar surface area (TPSA) is 79.8 Å². The molecule has 0 saturated heterocycles. The molecule has 0 radical (unpaired) electrons. The van der Waals surface area contributed by atoms with Gasteiger partial charge in [-0.3, -0.25) is 9.79 Å². The van der Waals surface area contributed by atoms with Gasteiger partial charge in [0.1, 0.15) is 5.70 Å². The summed E-state index contributed by atoms with van der Waals surface area (Å²) in [5.74, 6) is 2.31. The van der Waals surface area contributed by atoms with Crippen molar-refractivity contribution in [3.63, 3.8) is 0 Å². The van der Waals surface area contributed by atoms with Crippen LogP contribution in [0.1, 0.15) is 13.8 Å². The molecule has 1 amide bonds. The van der Waals surface area contributed by atoms with Gasteiger partial charge in [0.05, 0.1) is 11.9 Å². The van der Waals surface area contributed by atoms with Crippen LogP contribution < -0.4 is 11.1 Å². The lowest BCUT2D eigenvalue weighted by atomic mass is 10.3. The molecule has 0 saturated carbocycles. The third-order valence-corrected chi connectivity index (χ3v) is 1.47. The summed E-state index contributed by atoms with van der Waals surface area (Å²) in [5, 5.41) is 2.52. The molecule has 0 aliphatic carbocycles. The van der Waals surface area contributed by atoms with Gasteiger partial charge >= 0.3 is 0 Å². The molecule has 5 heteroatoms. The van der Waals surface area contributed by atoms with E-state index in [9.17, 15) is 4.79 Å². The lowest BCUT2D eigenvalue weighted by Crippen LogP contribution is -2.33. The molecule has 0 aliphatic heterocycles. The van der Waals surface area contributed by atoms with Gasteiger partial charge in [-0.2, -0.15) is 0 Å². The Labute approximate surface area is 89.2 Å². The standard InChI is InChI=1S/C10H14N4O/c1-5-9(11)6-13-10(7(2)12-4)14-8(3)15/h1,6H,11H2,2-4H3,(H,13,14,15). The minimum Gasteiger partial charge on any atom is -0.391 e. The van der Waals surface area contributed by atoms with E-state index in [1.165, 1.54) is 13.1 Å². The van der Waals surface area contributed by atoms with Gasteiger partial charge in [0.25, 0.3) is 0 Å². The molecule has 0 aliphatic rings. The molecular weight excluding hydrogens is 192 g/mol. The predicted molar refractivity (Wildman–Crippen MR) is 61.4 cm³/mol. The predicted octanol–water partition coefficient (Wildman–Crippen LogP) is 0.0450. The Balaban J connectivity index is 4.96. The number of allylic oxidation sites excluding steroid dienone is 1. The summed E-state index contributed by atoms with van der Waals surface area (Å²) < 4.78 is 0. The number of amidine groups is 1. The molecule has 5 nitrogen and oxygen atoms in total. The maximum absolute atomic E-state index is 10.8. The van der Waals surface area contributed by atoms with E-state index in [2.05, 4.69) is 21.2 Å². The highest BCUT2D eigenvalue weighted by Crippen LogP contribution is 1.87. The summed E-state index contributed by atoms with van der Waals surface area (Å²) in [4.78, 5) is 18.7. The van der Waals surface area contributed by atoms with Crippen molar-refractivity contribution in [2.75, 3.05) is 7.05 Å². The summed E-state index contributed by atoms with van der Waals surface area (Å²) in [5.41, 5.74) is 6.13. The Hall–Kier alpha value is -2.09. The average molecular weight is 206 g/mol. The van der Waals surface area contributed by atoms with Gasteiger partial charge in [-0.05, 0) is 6.92 Å². The number of hydrogen-bond donors (Lipinski definition) is 2. The van der Waals surface area contributed by atoms with Crippen LogP contribution in [0.2, 0.25) is 0 Å². The first-order valence-corrected chi connectivity index (χ1v) is 4.22. The number of carbonyl (C=O) groups is 1. The van der Waals surface area contributed by atoms with Crippen LogP contribution >= 0.6 is 0 Å². The number of terminal acetylenes is 1. The van der Waals surface area contributed by atoms with E-state index in [4.69, 9.17) is 12.2 Å². The highest BCUT2D eigenvalue weighted by Gasteiger charge is 2.03. The first kappa shape index (κ1) is 12.9. The molecule has 0 aromatic carbocycles. The second-order valence-corrected chi connectivity index (χ2v) is 2.70. The summed E-state index contributed by atoms with van der Waals surface area (Å²) in [6.45, 7) is 3.10. The monoisotopic (exact) mass is 206 g/mol. The molecule has 0 heterocycles. The number of rotatable bonds is 2. The van der Waals surface area contributed by atoms with Crippen LogP contribution in [-0.4, -0.2) is 24.5 Å². The number of aliphatic imine (C=N–C) groups is 2. The van der Waals surface area contributed by atoms with Gasteiger partial charge in [-0.25, -0.2) is 4.99 Å². The molecule has 0 rings (SSSR count). The van der Waals surface area contributed by atoms with Gasteiger partial charge in [0.2, 0.25) is 5.91 Å². The van der Waals surface area contributed by atoms with Gasteiger partial charge in [0, 0.05) is 14.0 Å². The van der Waals surface area contributed by atoms with Crippen LogP contribution in [-0.2, 0) is 4.79 Å². The van der Waals surface area contributed by atoms with Crippen LogP contribution in [0.15, 0.2) is 21.9 Å². The van der Waals surface area contributed by atoms with Gasteiger partial charge < -0.3 is 11.1 Å². The Morgan fingerprint density at radius 1 is 1.53 bits per heavy atom. The van der Waals surface area contributed by atoms with E-state index in [-0.39, 0.29) is 11.6 Å². The summed E-state index contributed by atoms with van der Waals surface area (Å²) in [6.07, 6.45) is 6.33. The largest absolute Gasteiger partial charge is 0.391 e. The van der Waals surface area contributed by atoms with Crippen LogP contribution in [0.25, 0.3) is 0 Å². The quantitative estimate of drug-likeness (QED) is 0.380. The van der Waals surface area contributed by atoms with E-state index in [0.29, 0.717) is 11.5 Å². The van der Waals surface area contributed by atoms with E-state index >= 15 is 0 Å². The number of carbonyl (C=O) groups excluding carboxylic acids is 1. The van der Waals surface area contributed by atoms with Crippen molar-refractivity contribution in [2.45, 2.75) is 13.8 Å². The first-order chi connectivity index (χ1) is 7.01. The van der Waals surface area contributed by atoms with Crippen molar-refractivity contribution in [2.24, 2.45) is 15.7 Å². The van der Waals surface area contributed by atoms with Crippen LogP contribution in [0, 0.1) is 12.3 Å². The molecule has 0 bridgehead atoms. The smallest absolute Gasteiger partial charge is 0.222 e. The SMILES string of the molecule is C#CC(N)=CN=C(NC(C)=O)C(C)=NC. The summed E-state index contributed by atoms with van der Waals surface area (Å²) in [6, 6.07) is 0. The van der Waals surface area contributed by atoms with Crippen LogP contribution in [0.4, 0.5) is 0 Å². The minimum atomic E-state index is -0.232. The molecule has 0 aromatic heterocycles. The molecule has 0 fully saturated rings. The molecule has 0 unspecified atom stereocenters. The van der Waals surface area contributed by atoms with E-state index in [1.54, 1.807) is 14.0 Å². The second kappa shape index (κ2) is 6.38. The minimum absolute atomic E-state index is 0.182. The van der Waals surface area contributed by atoms with Crippen molar-refractivity contribution in [1.29, 1.82) is 0 Å². The van der Waals surface area contributed by atoms with Gasteiger partial charge in [0.15, 0.2) is 5.84 Å². The van der Waals surface area contributed by atoms with E-state index in [0.717, 1.165) is 0 Å². The maximum atomic E-state index is 10.8. The molecular formula is C10H14N4O. The Bertz CT molecular complexity index is 371. The molecule has 0 aromatic rings. The molecule has 0 spiro atoms. The number of hydrogen-bond acceptors (Lipinski definition) is 4. The normalized spacial score (nSPS) is 13.3. The second-order valence-electron chi connectivity index (χ2n) is 2.70. The third kappa shape index (κ3) is 5.26. The van der Waals surface area contributed by atoms with Gasteiger partial charge in [-0.15, -0.1) is 6.42 Å². The zero-order valence-corrected chi connectivity index (χ0v) is 9.03. The molecule has 15 heavy (non-hydrogen) atoms. The van der Waals surface area contributed by atoms with Gasteiger partial charge in [-0.1, -0.05) is 5.92 Å². The summed E-state index contributed by atoms with van der Waals surface area (Å²) >= 11 is 0. The molecule has 0 atom stereocenters. The molecule has 80 valence electrons. The number of nitrogens with one attached hydrogen (secondary N) is 1. The number of nitrogens with two attached hydrogens (primary N) is 1. The van der Waals surface area contributed by atoms with Crippen molar-refractivity contribution in [1.82, 2.24) is 5.32 Å². The van der Waals surface area contributed by atoms with Crippen molar-refractivity contribution in [3.05, 3.63) is 11.9 Å². The van der Waals surface area contributed by atoms with Crippen molar-refractivity contribution < 1.29 is 4.79 Å². The van der Waals surface area contributed by atoms with Crippen LogP contribution in [0.5, 0.6) is 0 Å². The fourth-order valence-electron chi connectivity index (χ4n) is 0.660. The highest BCUT2D eigenvalue weighted by atomic mass is 16.1. The Kier molecular flexibility index (Phi) is 5.49. The van der Waals surface area contributed by atoms with Crippen molar-refractivity contribution >= 4 is 17.5 Å². The Morgan fingerprint density at radius 3 is 2.53 bits per heavy atom. The average Bonchev–Trinajstić information content (AvgIpc) is 2.21. The van der Waals surface area contributed by atoms with Crippen molar-refractivity contribution in [3.8, 4) is 12.3 Å². The van der Waals surface area contributed by atoms with Crippen LogP contribution in [0.3, 0.4) is 0 Å². The lowest BCUT2D eigenvalue weighted by Gasteiger charge is -2.04. The zero-order valence-electron chi connectivity index (χ0n) is 9.03. The third-order valence-electron chi connectivity index (χ3n) is 1.47. The Morgan fingerprint density at radius 2 is 2.13 bits per heavy atom. The number of nitrogens with zero attached hydrogens (tertiary/aromatic N) is 2. The fourth-order valence-corrected chi connectivity index (χ4v) is 0.660. The number of amides is 1. The molecule has 3 N–H and O–H groups in total. The fraction of sp³-hybridized carbons (Fsp3) is 0.300. The highest BCUT2D eigenvalue weighted by molar-refractivity contribution is 6.42. The maximum Gasteiger partial charge on any atom is 0.222 e. The van der Waals surface area contributed by atoms with E-state index < -0.39 is 0 Å². The lowest BCUT2D eigenvalue weighted by molar-refractivity contribution is -0.117. The summed E-state index contributed by atoms with van der Waals surface area (Å²) in [7, 11) is 1.60. The van der Waals surface area contributed by atoms with E-state index in [1.807, 2.05) is 0 Å². The zero-order chi connectivity index (χ0) is 11.8. The first-order valence-electron chi connectivity index (χ1n) is 4.22.